The molecule has 1 aliphatic rings. The first-order chi connectivity index (χ1) is 16.0. The molecule has 0 spiro atoms. The smallest absolute Gasteiger partial charge is 0.319 e. The number of hydrogen-bond acceptors (Lipinski definition) is 10. The van der Waals surface area contributed by atoms with E-state index in [2.05, 4.69) is 10.6 Å². The molecule has 5 atom stereocenters. The second kappa shape index (κ2) is 12.0. The molecule has 0 radical (unpaired) electrons. The first kappa shape index (κ1) is 26.6. The summed E-state index contributed by atoms with van der Waals surface area (Å²) in [5, 5.41) is 5.21. The first-order valence-electron chi connectivity index (χ1n) is 10.4. The van der Waals surface area contributed by atoms with E-state index in [1.807, 2.05) is 0 Å². The van der Waals surface area contributed by atoms with Crippen LogP contribution in [0.15, 0.2) is 24.3 Å². The third-order valence-electron chi connectivity index (χ3n) is 4.67. The molecule has 0 aliphatic carbocycles. The van der Waals surface area contributed by atoms with Crippen molar-refractivity contribution in [1.29, 1.82) is 0 Å². The van der Waals surface area contributed by atoms with Crippen molar-refractivity contribution < 1.29 is 47.7 Å². The summed E-state index contributed by atoms with van der Waals surface area (Å²) in [4.78, 5) is 59.5. The van der Waals surface area contributed by atoms with Crippen LogP contribution < -0.4 is 10.6 Å². The Bertz CT molecular complexity index is 934. The van der Waals surface area contributed by atoms with Gasteiger partial charge in [0.05, 0.1) is 0 Å². The molecule has 1 aromatic carbocycles. The summed E-state index contributed by atoms with van der Waals surface area (Å²) >= 11 is 0. The lowest BCUT2D eigenvalue weighted by Crippen LogP contribution is -2.67. The average Bonchev–Trinajstić information content (AvgIpc) is 2.71. The van der Waals surface area contributed by atoms with Crippen molar-refractivity contribution in [2.24, 2.45) is 0 Å². The van der Waals surface area contributed by atoms with Crippen LogP contribution in [0.5, 0.6) is 0 Å². The Kier molecular flexibility index (Phi) is 9.36. The predicted molar refractivity (Wildman–Crippen MR) is 115 cm³/mol. The monoisotopic (exact) mass is 480 g/mol. The number of carbonyl (C=O) groups is 5. The fourth-order valence-corrected chi connectivity index (χ4v) is 3.34. The molecule has 12 nitrogen and oxygen atoms in total. The minimum atomic E-state index is -1.46. The van der Waals surface area contributed by atoms with Gasteiger partial charge in [-0.1, -0.05) is 18.2 Å². The van der Waals surface area contributed by atoms with Crippen LogP contribution in [-0.4, -0.2) is 67.2 Å². The van der Waals surface area contributed by atoms with Gasteiger partial charge in [-0.3, -0.25) is 19.2 Å². The van der Waals surface area contributed by atoms with E-state index in [1.165, 1.54) is 0 Å². The molecule has 0 bridgehead atoms. The molecule has 1 aliphatic heterocycles. The van der Waals surface area contributed by atoms with Gasteiger partial charge >= 0.3 is 29.9 Å². The number of rotatable bonds is 7. The fourth-order valence-electron chi connectivity index (χ4n) is 3.34. The van der Waals surface area contributed by atoms with Gasteiger partial charge in [0.25, 0.3) is 0 Å². The minimum Gasteiger partial charge on any atom is -0.463 e. The zero-order valence-electron chi connectivity index (χ0n) is 19.5. The van der Waals surface area contributed by atoms with Gasteiger partial charge in [0.1, 0.15) is 18.8 Å². The van der Waals surface area contributed by atoms with Crippen LogP contribution in [0.4, 0.5) is 10.5 Å². The molecule has 12 heteroatoms. The Hall–Kier alpha value is -3.67. The van der Waals surface area contributed by atoms with Crippen LogP contribution in [-0.2, 0) is 42.9 Å². The number of urea groups is 1. The number of carbonyl (C=O) groups excluding carboxylic acids is 5. The number of para-hydroxylation sites is 1. The molecule has 1 heterocycles. The second-order valence-corrected chi connectivity index (χ2v) is 7.54. The van der Waals surface area contributed by atoms with E-state index in [0.29, 0.717) is 5.69 Å². The highest BCUT2D eigenvalue weighted by Gasteiger charge is 2.52. The van der Waals surface area contributed by atoms with Gasteiger partial charge in [0.2, 0.25) is 6.29 Å². The molecule has 0 saturated carbocycles. The average molecular weight is 480 g/mol. The van der Waals surface area contributed by atoms with Gasteiger partial charge in [-0.2, -0.15) is 0 Å². The quantitative estimate of drug-likeness (QED) is 0.429. The normalized spacial score (nSPS) is 23.7. The molecular weight excluding hydrogens is 452 g/mol. The van der Waals surface area contributed by atoms with Crippen LogP contribution in [0.1, 0.15) is 33.3 Å². The summed E-state index contributed by atoms with van der Waals surface area (Å²) in [5.74, 6) is -2.90. The lowest BCUT2D eigenvalue weighted by Gasteiger charge is -2.44. The van der Waals surface area contributed by atoms with E-state index in [1.54, 1.807) is 31.2 Å². The number of benzene rings is 1. The summed E-state index contributed by atoms with van der Waals surface area (Å²) in [6.45, 7) is 5.92. The Labute approximate surface area is 196 Å². The van der Waals surface area contributed by atoms with Crippen molar-refractivity contribution in [2.75, 3.05) is 11.9 Å². The number of esters is 4. The molecule has 1 fully saturated rings. The van der Waals surface area contributed by atoms with Crippen molar-refractivity contribution >= 4 is 35.6 Å². The molecule has 2 amide bonds. The van der Waals surface area contributed by atoms with E-state index in [9.17, 15) is 24.0 Å². The Morgan fingerprint density at radius 1 is 0.853 bits per heavy atom. The van der Waals surface area contributed by atoms with Crippen molar-refractivity contribution in [2.45, 2.75) is 65.3 Å². The highest BCUT2D eigenvalue weighted by atomic mass is 16.7. The maximum atomic E-state index is 12.8. The summed E-state index contributed by atoms with van der Waals surface area (Å²) in [6, 6.07) is 4.99. The van der Waals surface area contributed by atoms with Crippen LogP contribution in [0, 0.1) is 6.92 Å². The highest BCUT2D eigenvalue weighted by Crippen LogP contribution is 2.28. The van der Waals surface area contributed by atoms with Gasteiger partial charge in [-0.05, 0) is 18.6 Å². The van der Waals surface area contributed by atoms with E-state index >= 15 is 0 Å². The summed E-state index contributed by atoms with van der Waals surface area (Å²) < 4.78 is 26.6. The van der Waals surface area contributed by atoms with Gasteiger partial charge in [0, 0.05) is 33.4 Å². The van der Waals surface area contributed by atoms with E-state index < -0.39 is 67.2 Å². The van der Waals surface area contributed by atoms with Gasteiger partial charge in [-0.25, -0.2) is 4.79 Å². The molecule has 1 aromatic rings. The number of amides is 2. The van der Waals surface area contributed by atoms with Gasteiger partial charge < -0.3 is 34.3 Å². The number of aryl methyl sites for hydroxylation is 1. The largest absolute Gasteiger partial charge is 0.463 e. The molecule has 186 valence electrons. The number of nitrogens with one attached hydrogen (secondary N) is 2. The SMILES string of the molecule is CC(=O)OC[C@H]1O[C@H](OC(C)=O)[C@H](NC(=O)Nc2ccccc2C)[C@@H](OC(C)=O)[C@@H]1OC(C)=O. The van der Waals surface area contributed by atoms with Crippen molar-refractivity contribution in [3.8, 4) is 0 Å². The summed E-state index contributed by atoms with van der Waals surface area (Å²) in [6.07, 6.45) is -5.27. The fraction of sp³-hybridized carbons (Fsp3) is 0.500. The molecule has 2 rings (SSSR count). The van der Waals surface area contributed by atoms with Crippen LogP contribution in [0.2, 0.25) is 0 Å². The van der Waals surface area contributed by atoms with Crippen molar-refractivity contribution in [1.82, 2.24) is 5.32 Å². The molecule has 1 saturated heterocycles. The topological polar surface area (TPSA) is 156 Å². The standard InChI is InChI=1S/C22H28N2O10/c1-11-8-6-7-9-16(11)23-22(29)24-18-20(32-14(4)27)19(31-13(3)26)17(10-30-12(2)25)34-21(18)33-15(5)28/h6-9,17-21H,10H2,1-5H3,(H2,23,24,29)/t17-,18-,19-,20-,21+/m1/s1. The summed E-state index contributed by atoms with van der Waals surface area (Å²) in [5.41, 5.74) is 1.29. The Balaban J connectivity index is 2.39. The number of hydrogen-bond donors (Lipinski definition) is 2. The molecule has 2 N–H and O–H groups in total. The third-order valence-corrected chi connectivity index (χ3v) is 4.67. The lowest BCUT2D eigenvalue weighted by molar-refractivity contribution is -0.270. The number of anilines is 1. The number of ether oxygens (including phenoxy) is 5. The maximum Gasteiger partial charge on any atom is 0.319 e. The van der Waals surface area contributed by atoms with Gasteiger partial charge in [0.15, 0.2) is 12.2 Å². The Morgan fingerprint density at radius 2 is 1.44 bits per heavy atom. The van der Waals surface area contributed by atoms with Crippen molar-refractivity contribution in [3.05, 3.63) is 29.8 Å². The predicted octanol–water partition coefficient (Wildman–Crippen LogP) is 1.20. The molecule has 0 unspecified atom stereocenters. The zero-order chi connectivity index (χ0) is 25.4. The van der Waals surface area contributed by atoms with E-state index in [0.717, 1.165) is 33.3 Å². The first-order valence-corrected chi connectivity index (χ1v) is 10.4. The van der Waals surface area contributed by atoms with Crippen LogP contribution in [0.25, 0.3) is 0 Å². The Morgan fingerprint density at radius 3 is 2.00 bits per heavy atom. The van der Waals surface area contributed by atoms with E-state index in [-0.39, 0.29) is 0 Å². The molecular formula is C22H28N2O10. The highest BCUT2D eigenvalue weighted by molar-refractivity contribution is 5.90. The maximum absolute atomic E-state index is 12.8. The lowest BCUT2D eigenvalue weighted by atomic mass is 9.96. The van der Waals surface area contributed by atoms with Crippen LogP contribution >= 0.6 is 0 Å². The van der Waals surface area contributed by atoms with Crippen LogP contribution in [0.3, 0.4) is 0 Å². The zero-order valence-corrected chi connectivity index (χ0v) is 19.5. The van der Waals surface area contributed by atoms with Gasteiger partial charge in [-0.15, -0.1) is 0 Å². The van der Waals surface area contributed by atoms with Crippen molar-refractivity contribution in [3.63, 3.8) is 0 Å². The second-order valence-electron chi connectivity index (χ2n) is 7.54. The minimum absolute atomic E-state index is 0.398. The molecule has 0 aromatic heterocycles. The molecule has 34 heavy (non-hydrogen) atoms. The van der Waals surface area contributed by atoms with E-state index in [4.69, 9.17) is 23.7 Å². The summed E-state index contributed by atoms with van der Waals surface area (Å²) in [7, 11) is 0. The third kappa shape index (κ3) is 7.73.